The van der Waals surface area contributed by atoms with Gasteiger partial charge in [0.2, 0.25) is 21.8 Å². The molecule has 0 radical (unpaired) electrons. The minimum absolute atomic E-state index is 0.0668. The third kappa shape index (κ3) is 7.90. The number of rotatable bonds is 6. The Hall–Kier alpha value is -3.85. The summed E-state index contributed by atoms with van der Waals surface area (Å²) in [5.74, 6) is -2.47. The first-order valence-corrected chi connectivity index (χ1v) is 20.4. The van der Waals surface area contributed by atoms with Gasteiger partial charge >= 0.3 is 12.2 Å². The van der Waals surface area contributed by atoms with Crippen molar-refractivity contribution < 1.29 is 41.9 Å². The van der Waals surface area contributed by atoms with Gasteiger partial charge in [0.15, 0.2) is 0 Å². The summed E-state index contributed by atoms with van der Waals surface area (Å²) in [5, 5.41) is 5.49. The molecule has 0 unspecified atom stereocenters. The quantitative estimate of drug-likeness (QED) is 0.364. The van der Waals surface area contributed by atoms with Gasteiger partial charge in [0.05, 0.1) is 18.3 Å². The van der Waals surface area contributed by atoms with Crippen molar-refractivity contribution in [2.75, 3.05) is 6.54 Å². The Morgan fingerprint density at radius 3 is 2.46 bits per heavy atom. The van der Waals surface area contributed by atoms with Gasteiger partial charge in [-0.2, -0.15) is 0 Å². The molecule has 3 aliphatic heterocycles. The Morgan fingerprint density at radius 2 is 1.71 bits per heavy atom. The van der Waals surface area contributed by atoms with Crippen LogP contribution in [0, 0.1) is 5.92 Å². The summed E-state index contributed by atoms with van der Waals surface area (Å²) in [6, 6.07) is 3.27. The monoisotopic (exact) mass is 759 g/mol. The normalized spacial score (nSPS) is 30.2. The SMILES string of the molecule is O=C(N[C@H]1CCCCC/C=C\[C@H]2C[C@@]2(C(=O)NS(=O)(=O)C2CC2)NC(=O)[C@@H]2C[C@@H](OC(=O)N3Cc4cccc(Cl)c4C3)CN2C1=O)OC1CCCC1. The number of ether oxygens (including phenoxy) is 2. The van der Waals surface area contributed by atoms with Crippen LogP contribution in [0.2, 0.25) is 5.02 Å². The third-order valence-electron chi connectivity index (χ3n) is 11.2. The van der Waals surface area contributed by atoms with E-state index in [9.17, 15) is 32.4 Å². The molecule has 0 aromatic heterocycles. The Labute approximate surface area is 308 Å². The van der Waals surface area contributed by atoms with Gasteiger partial charge in [-0.1, -0.05) is 48.7 Å². The van der Waals surface area contributed by atoms with Crippen molar-refractivity contribution in [3.8, 4) is 0 Å². The number of sulfonamides is 1. The maximum atomic E-state index is 14.4. The molecule has 4 fully saturated rings. The summed E-state index contributed by atoms with van der Waals surface area (Å²) in [7, 11) is -3.90. The molecule has 52 heavy (non-hydrogen) atoms. The Morgan fingerprint density at radius 1 is 0.942 bits per heavy atom. The molecule has 5 atom stereocenters. The van der Waals surface area contributed by atoms with E-state index in [-0.39, 0.29) is 32.0 Å². The van der Waals surface area contributed by atoms with Gasteiger partial charge in [-0.3, -0.25) is 24.0 Å². The largest absolute Gasteiger partial charge is 0.446 e. The van der Waals surface area contributed by atoms with Crippen LogP contribution in [-0.4, -0.2) is 89.8 Å². The number of hydrogen-bond acceptors (Lipinski definition) is 9. The number of allylic oxidation sites excluding steroid dienone is 1. The summed E-state index contributed by atoms with van der Waals surface area (Å²) in [4.78, 5) is 71.5. The van der Waals surface area contributed by atoms with Crippen LogP contribution in [0.5, 0.6) is 0 Å². The zero-order valence-electron chi connectivity index (χ0n) is 29.0. The van der Waals surface area contributed by atoms with E-state index in [0.29, 0.717) is 43.7 Å². The summed E-state index contributed by atoms with van der Waals surface area (Å²) < 4.78 is 39.3. The van der Waals surface area contributed by atoms with Crippen molar-refractivity contribution in [3.05, 3.63) is 46.5 Å². The molecule has 5 amide bonds. The summed E-state index contributed by atoms with van der Waals surface area (Å²) >= 11 is 6.36. The van der Waals surface area contributed by atoms with Crippen LogP contribution in [0.15, 0.2) is 30.4 Å². The van der Waals surface area contributed by atoms with Crippen LogP contribution < -0.4 is 15.4 Å². The molecule has 16 heteroatoms. The Balaban J connectivity index is 1.12. The van der Waals surface area contributed by atoms with E-state index in [0.717, 1.165) is 49.7 Å². The van der Waals surface area contributed by atoms with Crippen molar-refractivity contribution in [2.24, 2.45) is 5.92 Å². The number of nitrogens with one attached hydrogen (secondary N) is 3. The second-order valence-corrected chi connectivity index (χ2v) is 17.4. The molecule has 7 rings (SSSR count). The molecule has 3 aliphatic carbocycles. The zero-order chi connectivity index (χ0) is 36.6. The van der Waals surface area contributed by atoms with Gasteiger partial charge < -0.3 is 25.0 Å². The average molecular weight is 760 g/mol. The van der Waals surface area contributed by atoms with E-state index in [2.05, 4.69) is 15.4 Å². The second kappa shape index (κ2) is 14.9. The topological polar surface area (TPSA) is 181 Å². The van der Waals surface area contributed by atoms with Crippen molar-refractivity contribution in [1.82, 2.24) is 25.2 Å². The number of benzene rings is 1. The van der Waals surface area contributed by atoms with Crippen LogP contribution in [0.25, 0.3) is 0 Å². The molecule has 3 saturated carbocycles. The smallest absolute Gasteiger partial charge is 0.410 e. The lowest BCUT2D eigenvalue weighted by molar-refractivity contribution is -0.141. The van der Waals surface area contributed by atoms with E-state index < -0.39 is 74.8 Å². The standard InChI is InChI=1S/C36H46ClN5O9S/c37-28-13-8-9-22-19-41(21-27(22)28)35(47)51-25-17-30-31(43)39-36(33(45)40-52(48,49)26-15-16-26)18-23(36)10-4-2-1-3-5-14-29(32(44)42(30)20-25)38-34(46)50-24-11-6-7-12-24/h4,8-10,13,23-26,29-30H,1-3,5-7,11-12,14-21H2,(H,38,46)(H,39,43)(H,40,45)/b10-4-/t23-,25+,29-,30-,36+/m0/s1. The number of carbonyl (C=O) groups excluding carboxylic acids is 5. The molecule has 1 saturated heterocycles. The molecule has 1 aromatic carbocycles. The maximum absolute atomic E-state index is 14.4. The molecular formula is C36H46ClN5O9S. The van der Waals surface area contributed by atoms with Crippen molar-refractivity contribution in [1.29, 1.82) is 0 Å². The second-order valence-electron chi connectivity index (χ2n) is 15.0. The average Bonchev–Trinajstić information content (AvgIpc) is 3.88. The van der Waals surface area contributed by atoms with Gasteiger partial charge in [-0.05, 0) is 81.4 Å². The molecule has 0 bridgehead atoms. The number of nitrogens with zero attached hydrogens (tertiary/aromatic N) is 2. The molecule has 6 aliphatic rings. The molecule has 3 N–H and O–H groups in total. The zero-order valence-corrected chi connectivity index (χ0v) is 30.6. The fourth-order valence-electron chi connectivity index (χ4n) is 7.91. The maximum Gasteiger partial charge on any atom is 0.410 e. The predicted molar refractivity (Wildman–Crippen MR) is 188 cm³/mol. The highest BCUT2D eigenvalue weighted by molar-refractivity contribution is 7.91. The minimum atomic E-state index is -3.90. The van der Waals surface area contributed by atoms with E-state index in [4.69, 9.17) is 21.1 Å². The highest BCUT2D eigenvalue weighted by Gasteiger charge is 2.62. The van der Waals surface area contributed by atoms with Crippen molar-refractivity contribution >= 4 is 51.5 Å². The van der Waals surface area contributed by atoms with Gasteiger partial charge in [0.25, 0.3) is 5.91 Å². The molecule has 0 spiro atoms. The van der Waals surface area contributed by atoms with Gasteiger partial charge in [0.1, 0.15) is 29.8 Å². The molecular weight excluding hydrogens is 714 g/mol. The fraction of sp³-hybridized carbons (Fsp3) is 0.639. The number of carbonyl (C=O) groups is 5. The van der Waals surface area contributed by atoms with Gasteiger partial charge in [-0.15, -0.1) is 0 Å². The predicted octanol–water partition coefficient (Wildman–Crippen LogP) is 3.80. The van der Waals surface area contributed by atoms with E-state index in [1.165, 1.54) is 9.80 Å². The van der Waals surface area contributed by atoms with Crippen LogP contribution in [-0.2, 0) is 47.0 Å². The number of halogens is 1. The molecule has 3 heterocycles. The van der Waals surface area contributed by atoms with E-state index in [1.54, 1.807) is 6.07 Å². The lowest BCUT2D eigenvalue weighted by Gasteiger charge is -2.30. The van der Waals surface area contributed by atoms with Crippen LogP contribution >= 0.6 is 11.6 Å². The first kappa shape index (κ1) is 36.5. The molecule has 1 aromatic rings. The molecule has 282 valence electrons. The Bertz CT molecular complexity index is 1750. The summed E-state index contributed by atoms with van der Waals surface area (Å²) in [6.07, 6.45) is 8.98. The Kier molecular flexibility index (Phi) is 10.4. The number of alkyl carbamates (subject to hydrolysis) is 1. The third-order valence-corrected chi connectivity index (χ3v) is 13.3. The van der Waals surface area contributed by atoms with Crippen molar-refractivity contribution in [3.63, 3.8) is 0 Å². The van der Waals surface area contributed by atoms with Crippen LogP contribution in [0.3, 0.4) is 0 Å². The lowest BCUT2D eigenvalue weighted by atomic mass is 10.0. The van der Waals surface area contributed by atoms with Crippen LogP contribution in [0.1, 0.15) is 94.6 Å². The number of amides is 5. The first-order chi connectivity index (χ1) is 24.9. The summed E-state index contributed by atoms with van der Waals surface area (Å²) in [5.41, 5.74) is 0.202. The highest BCUT2D eigenvalue weighted by atomic mass is 35.5. The number of hydrogen-bond donors (Lipinski definition) is 3. The highest BCUT2D eigenvalue weighted by Crippen LogP contribution is 2.46. The first-order valence-electron chi connectivity index (χ1n) is 18.5. The minimum Gasteiger partial charge on any atom is -0.446 e. The van der Waals surface area contributed by atoms with Crippen molar-refractivity contribution in [2.45, 2.75) is 132 Å². The van der Waals surface area contributed by atoms with Gasteiger partial charge in [-0.25, -0.2) is 18.0 Å². The molecule has 14 nitrogen and oxygen atoms in total. The number of fused-ring (bicyclic) bond motifs is 3. The van der Waals surface area contributed by atoms with Gasteiger partial charge in [0, 0.05) is 23.9 Å². The van der Waals surface area contributed by atoms with E-state index >= 15 is 0 Å². The lowest BCUT2D eigenvalue weighted by Crippen LogP contribution is -2.58. The van der Waals surface area contributed by atoms with Crippen LogP contribution in [0.4, 0.5) is 9.59 Å². The fourth-order valence-corrected chi connectivity index (χ4v) is 9.53. The summed E-state index contributed by atoms with van der Waals surface area (Å²) in [6.45, 7) is 0.413. The van der Waals surface area contributed by atoms with E-state index in [1.807, 2.05) is 24.3 Å².